The van der Waals surface area contributed by atoms with Crippen molar-refractivity contribution in [3.05, 3.63) is 23.5 Å². The Labute approximate surface area is 127 Å². The van der Waals surface area contributed by atoms with E-state index in [1.54, 1.807) is 4.90 Å². The Morgan fingerprint density at radius 1 is 1.33 bits per heavy atom. The zero-order valence-corrected chi connectivity index (χ0v) is 13.5. The first-order valence-corrected chi connectivity index (χ1v) is 7.59. The minimum Gasteiger partial charge on any atom is -0.381 e. The van der Waals surface area contributed by atoms with Gasteiger partial charge in [-0.3, -0.25) is 14.7 Å². The third-order valence-electron chi connectivity index (χ3n) is 4.03. The van der Waals surface area contributed by atoms with Crippen LogP contribution in [0, 0.1) is 13.8 Å². The first-order valence-electron chi connectivity index (χ1n) is 7.59. The molecule has 2 rings (SSSR count). The normalized spacial score (nSPS) is 16.8. The third-order valence-corrected chi connectivity index (χ3v) is 4.03. The smallest absolute Gasteiger partial charge is 0.236 e. The quantitative estimate of drug-likeness (QED) is 0.916. The van der Waals surface area contributed by atoms with Crippen LogP contribution < -0.4 is 5.32 Å². The molecule has 116 valence electrons. The number of pyridine rings is 1. The maximum absolute atomic E-state index is 11.7. The summed E-state index contributed by atoms with van der Waals surface area (Å²) in [4.78, 5) is 20.1. The molecule has 1 aliphatic heterocycles. The van der Waals surface area contributed by atoms with Crippen LogP contribution in [0.2, 0.25) is 0 Å². The van der Waals surface area contributed by atoms with Crippen molar-refractivity contribution >= 4 is 11.6 Å². The van der Waals surface area contributed by atoms with Gasteiger partial charge in [-0.05, 0) is 38.8 Å². The minimum absolute atomic E-state index is 0.181. The van der Waals surface area contributed by atoms with Gasteiger partial charge in [0.05, 0.1) is 17.9 Å². The number of hydrogen-bond donors (Lipinski definition) is 1. The molecule has 1 saturated heterocycles. The highest BCUT2D eigenvalue weighted by Crippen LogP contribution is 2.19. The summed E-state index contributed by atoms with van der Waals surface area (Å²) < 4.78 is 0. The molecule has 1 aromatic rings. The van der Waals surface area contributed by atoms with Crippen LogP contribution in [0.4, 0.5) is 5.69 Å². The monoisotopic (exact) mass is 290 g/mol. The zero-order valence-electron chi connectivity index (χ0n) is 13.5. The molecule has 0 bridgehead atoms. The van der Waals surface area contributed by atoms with Crippen molar-refractivity contribution in [3.63, 3.8) is 0 Å². The Morgan fingerprint density at radius 3 is 2.57 bits per heavy atom. The number of rotatable bonds is 4. The molecule has 1 aromatic heterocycles. The number of amides is 1. The van der Waals surface area contributed by atoms with Crippen LogP contribution in [0.1, 0.15) is 24.2 Å². The molecule has 0 aliphatic carbocycles. The predicted molar refractivity (Wildman–Crippen MR) is 85.5 cm³/mol. The summed E-state index contributed by atoms with van der Waals surface area (Å²) in [7, 11) is 3.62. The average Bonchev–Trinajstić information content (AvgIpc) is 2.43. The fraction of sp³-hybridized carbons (Fsp3) is 0.625. The van der Waals surface area contributed by atoms with Crippen LogP contribution in [-0.2, 0) is 4.79 Å². The number of likely N-dealkylation sites (tertiary alicyclic amines) is 1. The summed E-state index contributed by atoms with van der Waals surface area (Å²) in [5.41, 5.74) is 3.23. The summed E-state index contributed by atoms with van der Waals surface area (Å²) >= 11 is 0. The molecule has 1 aliphatic rings. The lowest BCUT2D eigenvalue weighted by Crippen LogP contribution is -2.44. The highest BCUT2D eigenvalue weighted by molar-refractivity contribution is 5.77. The van der Waals surface area contributed by atoms with E-state index in [-0.39, 0.29) is 5.91 Å². The number of hydrogen-bond acceptors (Lipinski definition) is 4. The second-order valence-electron chi connectivity index (χ2n) is 6.07. The molecule has 21 heavy (non-hydrogen) atoms. The number of carbonyl (C=O) groups excluding carboxylic acids is 1. The number of nitrogens with zero attached hydrogens (tertiary/aromatic N) is 3. The predicted octanol–water partition coefficient (Wildman–Crippen LogP) is 1.66. The van der Waals surface area contributed by atoms with E-state index in [9.17, 15) is 4.79 Å². The molecule has 2 heterocycles. The van der Waals surface area contributed by atoms with Gasteiger partial charge >= 0.3 is 0 Å². The van der Waals surface area contributed by atoms with Crippen LogP contribution >= 0.6 is 0 Å². The van der Waals surface area contributed by atoms with Gasteiger partial charge in [-0.15, -0.1) is 0 Å². The van der Waals surface area contributed by atoms with Crippen molar-refractivity contribution in [2.45, 2.75) is 32.7 Å². The molecular formula is C16H26N4O. The van der Waals surface area contributed by atoms with E-state index in [1.807, 2.05) is 34.0 Å². The van der Waals surface area contributed by atoms with Crippen molar-refractivity contribution in [1.82, 2.24) is 14.8 Å². The molecule has 1 N–H and O–H groups in total. The standard InChI is InChI=1S/C16H26N4O/c1-12-5-6-15(13(2)17-12)18-14-7-9-20(10-8-14)11-16(21)19(3)4/h5-6,14,18H,7-11H2,1-4H3. The van der Waals surface area contributed by atoms with Gasteiger partial charge in [0.2, 0.25) is 5.91 Å². The second-order valence-corrected chi connectivity index (χ2v) is 6.07. The molecule has 0 radical (unpaired) electrons. The highest BCUT2D eigenvalue weighted by atomic mass is 16.2. The summed E-state index contributed by atoms with van der Waals surface area (Å²) in [6.07, 6.45) is 2.13. The lowest BCUT2D eigenvalue weighted by molar-refractivity contribution is -0.130. The number of nitrogens with one attached hydrogen (secondary N) is 1. The van der Waals surface area contributed by atoms with E-state index in [0.29, 0.717) is 12.6 Å². The molecular weight excluding hydrogens is 264 g/mol. The molecule has 0 saturated carbocycles. The van der Waals surface area contributed by atoms with Gasteiger partial charge in [0, 0.05) is 38.9 Å². The lowest BCUT2D eigenvalue weighted by Gasteiger charge is -2.33. The Bertz CT molecular complexity index is 493. The van der Waals surface area contributed by atoms with Crippen molar-refractivity contribution in [2.75, 3.05) is 39.0 Å². The van der Waals surface area contributed by atoms with Crippen molar-refractivity contribution in [1.29, 1.82) is 0 Å². The summed E-state index contributed by atoms with van der Waals surface area (Å²) in [5.74, 6) is 0.181. The van der Waals surface area contributed by atoms with Crippen LogP contribution in [0.3, 0.4) is 0 Å². The molecule has 1 fully saturated rings. The Kier molecular flexibility index (Phi) is 5.17. The Hall–Kier alpha value is -1.62. The number of carbonyl (C=O) groups is 1. The van der Waals surface area contributed by atoms with Gasteiger partial charge in [0.1, 0.15) is 0 Å². The summed E-state index contributed by atoms with van der Waals surface area (Å²) in [6, 6.07) is 4.62. The topological polar surface area (TPSA) is 48.5 Å². The van der Waals surface area contributed by atoms with E-state index >= 15 is 0 Å². The van der Waals surface area contributed by atoms with Crippen LogP contribution in [0.15, 0.2) is 12.1 Å². The largest absolute Gasteiger partial charge is 0.381 e. The van der Waals surface area contributed by atoms with Crippen LogP contribution in [-0.4, -0.2) is 60.5 Å². The maximum atomic E-state index is 11.7. The summed E-state index contributed by atoms with van der Waals surface area (Å²) in [5, 5.41) is 3.59. The van der Waals surface area contributed by atoms with E-state index in [2.05, 4.69) is 21.3 Å². The zero-order chi connectivity index (χ0) is 15.4. The first-order chi connectivity index (χ1) is 9.95. The number of piperidine rings is 1. The van der Waals surface area contributed by atoms with E-state index in [0.717, 1.165) is 43.0 Å². The van der Waals surface area contributed by atoms with Gasteiger partial charge in [-0.25, -0.2) is 0 Å². The Morgan fingerprint density at radius 2 is 2.00 bits per heavy atom. The number of anilines is 1. The van der Waals surface area contributed by atoms with Gasteiger partial charge in [-0.2, -0.15) is 0 Å². The number of aryl methyl sites for hydroxylation is 2. The molecule has 5 nitrogen and oxygen atoms in total. The van der Waals surface area contributed by atoms with E-state index in [4.69, 9.17) is 0 Å². The SMILES string of the molecule is Cc1ccc(NC2CCN(CC(=O)N(C)C)CC2)c(C)n1. The first kappa shape index (κ1) is 15.8. The molecule has 0 spiro atoms. The van der Waals surface area contributed by atoms with E-state index in [1.165, 1.54) is 0 Å². The van der Waals surface area contributed by atoms with Crippen molar-refractivity contribution < 1.29 is 4.79 Å². The third kappa shape index (κ3) is 4.43. The van der Waals surface area contributed by atoms with Gasteiger partial charge in [0.25, 0.3) is 0 Å². The van der Waals surface area contributed by atoms with Crippen molar-refractivity contribution in [3.8, 4) is 0 Å². The molecule has 5 heteroatoms. The van der Waals surface area contributed by atoms with Gasteiger partial charge < -0.3 is 10.2 Å². The Balaban J connectivity index is 1.83. The average molecular weight is 290 g/mol. The summed E-state index contributed by atoms with van der Waals surface area (Å²) in [6.45, 7) is 6.52. The van der Waals surface area contributed by atoms with E-state index < -0.39 is 0 Å². The minimum atomic E-state index is 0.181. The lowest BCUT2D eigenvalue weighted by atomic mass is 10.0. The molecule has 0 unspecified atom stereocenters. The fourth-order valence-corrected chi connectivity index (χ4v) is 2.63. The molecule has 0 atom stereocenters. The fourth-order valence-electron chi connectivity index (χ4n) is 2.63. The maximum Gasteiger partial charge on any atom is 0.236 e. The van der Waals surface area contributed by atoms with Crippen molar-refractivity contribution in [2.24, 2.45) is 0 Å². The van der Waals surface area contributed by atoms with Gasteiger partial charge in [0.15, 0.2) is 0 Å². The van der Waals surface area contributed by atoms with Crippen LogP contribution in [0.25, 0.3) is 0 Å². The molecule has 1 amide bonds. The number of likely N-dealkylation sites (N-methyl/N-ethyl adjacent to an activating group) is 1. The second kappa shape index (κ2) is 6.89. The molecule has 0 aromatic carbocycles. The van der Waals surface area contributed by atoms with Crippen LogP contribution in [0.5, 0.6) is 0 Å². The van der Waals surface area contributed by atoms with Gasteiger partial charge in [-0.1, -0.05) is 0 Å². The highest BCUT2D eigenvalue weighted by Gasteiger charge is 2.21. The number of aromatic nitrogens is 1.